The molecule has 26 heavy (non-hydrogen) atoms. The van der Waals surface area contributed by atoms with E-state index in [-0.39, 0.29) is 5.97 Å². The predicted molar refractivity (Wildman–Crippen MR) is 103 cm³/mol. The van der Waals surface area contributed by atoms with Crippen LogP contribution < -0.4 is 9.47 Å². The van der Waals surface area contributed by atoms with E-state index in [1.54, 1.807) is 24.3 Å². The molecule has 0 aliphatic rings. The van der Waals surface area contributed by atoms with Gasteiger partial charge >= 0.3 is 5.97 Å². The maximum Gasteiger partial charge on any atom is 0.343 e. The molecule has 1 atom stereocenters. The lowest BCUT2D eigenvalue weighted by atomic mass is 9.98. The van der Waals surface area contributed by atoms with Gasteiger partial charge in [0.2, 0.25) is 0 Å². The van der Waals surface area contributed by atoms with Gasteiger partial charge in [0.1, 0.15) is 17.2 Å². The van der Waals surface area contributed by atoms with Crippen LogP contribution in [0.15, 0.2) is 78.9 Å². The lowest BCUT2D eigenvalue weighted by Gasteiger charge is -2.10. The minimum Gasteiger partial charge on any atom is -0.457 e. The minimum absolute atomic E-state index is 0.363. The van der Waals surface area contributed by atoms with Gasteiger partial charge < -0.3 is 9.47 Å². The van der Waals surface area contributed by atoms with Gasteiger partial charge in [0.05, 0.1) is 5.56 Å². The number of para-hydroxylation sites is 1. The second kappa shape index (κ2) is 8.34. The number of carbonyl (C=O) groups is 1. The number of rotatable bonds is 6. The average molecular weight is 346 g/mol. The summed E-state index contributed by atoms with van der Waals surface area (Å²) in [6, 6.07) is 24.2. The summed E-state index contributed by atoms with van der Waals surface area (Å²) >= 11 is 0. The van der Waals surface area contributed by atoms with E-state index in [4.69, 9.17) is 9.47 Å². The Hall–Kier alpha value is -3.07. The third-order valence-electron chi connectivity index (χ3n) is 4.34. The summed E-state index contributed by atoms with van der Waals surface area (Å²) in [6.45, 7) is 4.32. The molecule has 3 heteroatoms. The van der Waals surface area contributed by atoms with Gasteiger partial charge in [-0.25, -0.2) is 4.79 Å². The molecule has 3 rings (SSSR count). The van der Waals surface area contributed by atoms with E-state index in [9.17, 15) is 4.79 Å². The van der Waals surface area contributed by atoms with Crippen LogP contribution in [0.1, 0.15) is 42.1 Å². The maximum absolute atomic E-state index is 12.3. The molecular weight excluding hydrogens is 324 g/mol. The van der Waals surface area contributed by atoms with Crippen molar-refractivity contribution >= 4 is 5.97 Å². The molecule has 0 N–H and O–H groups in total. The van der Waals surface area contributed by atoms with E-state index in [1.165, 1.54) is 5.56 Å². The normalized spacial score (nSPS) is 11.6. The van der Waals surface area contributed by atoms with Crippen LogP contribution in [-0.4, -0.2) is 5.97 Å². The average Bonchev–Trinajstić information content (AvgIpc) is 2.70. The summed E-state index contributed by atoms with van der Waals surface area (Å²) in [5.41, 5.74) is 1.77. The first kappa shape index (κ1) is 17.7. The molecule has 0 bridgehead atoms. The molecule has 0 fully saturated rings. The third kappa shape index (κ3) is 4.51. The quantitative estimate of drug-likeness (QED) is 0.393. The van der Waals surface area contributed by atoms with E-state index in [0.717, 1.165) is 12.2 Å². The van der Waals surface area contributed by atoms with Gasteiger partial charge in [-0.3, -0.25) is 0 Å². The SMILES string of the molecule is CCC(C)c1ccc(C(=O)Oc2ccc(Oc3ccccc3)cc2)cc1. The summed E-state index contributed by atoms with van der Waals surface area (Å²) in [6.07, 6.45) is 1.07. The largest absolute Gasteiger partial charge is 0.457 e. The molecular formula is C23H22O3. The Labute approximate surface area is 154 Å². The summed E-state index contributed by atoms with van der Waals surface area (Å²) in [5.74, 6) is 2.06. The maximum atomic E-state index is 12.3. The molecule has 0 heterocycles. The predicted octanol–water partition coefficient (Wildman–Crippen LogP) is 6.21. The Morgan fingerprint density at radius 2 is 1.38 bits per heavy atom. The van der Waals surface area contributed by atoms with Gasteiger partial charge in [-0.15, -0.1) is 0 Å². The van der Waals surface area contributed by atoms with Crippen LogP contribution in [0.2, 0.25) is 0 Å². The molecule has 0 aromatic heterocycles. The van der Waals surface area contributed by atoms with Crippen molar-refractivity contribution < 1.29 is 14.3 Å². The summed E-state index contributed by atoms with van der Waals surface area (Å²) < 4.78 is 11.2. The molecule has 0 spiro atoms. The van der Waals surface area contributed by atoms with Crippen molar-refractivity contribution in [2.75, 3.05) is 0 Å². The van der Waals surface area contributed by atoms with Crippen molar-refractivity contribution in [3.63, 3.8) is 0 Å². The van der Waals surface area contributed by atoms with E-state index in [1.807, 2.05) is 54.6 Å². The van der Waals surface area contributed by atoms with Crippen LogP contribution in [0, 0.1) is 0 Å². The molecule has 0 amide bonds. The molecule has 132 valence electrons. The molecule has 0 aliphatic carbocycles. The van der Waals surface area contributed by atoms with E-state index in [0.29, 0.717) is 23.0 Å². The standard InChI is InChI=1S/C23H22O3/c1-3-17(2)18-9-11-19(12-10-18)23(24)26-22-15-13-21(14-16-22)25-20-7-5-4-6-8-20/h4-17H,3H2,1-2H3. The Bertz CT molecular complexity index is 837. The molecule has 0 saturated heterocycles. The molecule has 3 nitrogen and oxygen atoms in total. The summed E-state index contributed by atoms with van der Waals surface area (Å²) in [4.78, 5) is 12.3. The molecule has 3 aromatic carbocycles. The fraction of sp³-hybridized carbons (Fsp3) is 0.174. The van der Waals surface area contributed by atoms with E-state index >= 15 is 0 Å². The highest BCUT2D eigenvalue weighted by Gasteiger charge is 2.10. The monoisotopic (exact) mass is 346 g/mol. The number of esters is 1. The lowest BCUT2D eigenvalue weighted by Crippen LogP contribution is -2.08. The molecule has 0 aliphatic heterocycles. The Kier molecular flexibility index (Phi) is 5.69. The van der Waals surface area contributed by atoms with Crippen molar-refractivity contribution in [3.8, 4) is 17.2 Å². The van der Waals surface area contributed by atoms with Gasteiger partial charge in [0.25, 0.3) is 0 Å². The zero-order chi connectivity index (χ0) is 18.4. The van der Waals surface area contributed by atoms with Crippen LogP contribution in [0.5, 0.6) is 17.2 Å². The fourth-order valence-corrected chi connectivity index (χ4v) is 2.55. The summed E-state index contributed by atoms with van der Waals surface area (Å²) in [5, 5.41) is 0. The van der Waals surface area contributed by atoms with Gasteiger partial charge in [0.15, 0.2) is 0 Å². The highest BCUT2D eigenvalue weighted by molar-refractivity contribution is 5.91. The molecule has 3 aromatic rings. The van der Waals surface area contributed by atoms with Crippen LogP contribution in [0.3, 0.4) is 0 Å². The number of ether oxygens (including phenoxy) is 2. The van der Waals surface area contributed by atoms with Gasteiger partial charge in [-0.05, 0) is 66.4 Å². The van der Waals surface area contributed by atoms with Crippen LogP contribution in [0.4, 0.5) is 0 Å². The highest BCUT2D eigenvalue weighted by atomic mass is 16.5. The van der Waals surface area contributed by atoms with Gasteiger partial charge in [-0.2, -0.15) is 0 Å². The first-order chi connectivity index (χ1) is 12.7. The fourth-order valence-electron chi connectivity index (χ4n) is 2.55. The first-order valence-electron chi connectivity index (χ1n) is 8.81. The number of hydrogen-bond acceptors (Lipinski definition) is 3. The number of hydrogen-bond donors (Lipinski definition) is 0. The third-order valence-corrected chi connectivity index (χ3v) is 4.34. The van der Waals surface area contributed by atoms with Crippen molar-refractivity contribution in [1.82, 2.24) is 0 Å². The summed E-state index contributed by atoms with van der Waals surface area (Å²) in [7, 11) is 0. The Balaban J connectivity index is 1.62. The van der Waals surface area contributed by atoms with Crippen molar-refractivity contribution in [3.05, 3.63) is 90.0 Å². The second-order valence-corrected chi connectivity index (χ2v) is 6.21. The Morgan fingerprint density at radius 3 is 2.00 bits per heavy atom. The molecule has 0 saturated carbocycles. The van der Waals surface area contributed by atoms with E-state index < -0.39 is 0 Å². The zero-order valence-corrected chi connectivity index (χ0v) is 15.0. The van der Waals surface area contributed by atoms with E-state index in [2.05, 4.69) is 13.8 Å². The number of carbonyl (C=O) groups excluding carboxylic acids is 1. The van der Waals surface area contributed by atoms with Crippen LogP contribution in [-0.2, 0) is 0 Å². The van der Waals surface area contributed by atoms with Gasteiger partial charge in [-0.1, -0.05) is 44.2 Å². The van der Waals surface area contributed by atoms with Crippen molar-refractivity contribution in [2.24, 2.45) is 0 Å². The Morgan fingerprint density at radius 1 is 0.808 bits per heavy atom. The van der Waals surface area contributed by atoms with Crippen molar-refractivity contribution in [2.45, 2.75) is 26.2 Å². The van der Waals surface area contributed by atoms with Crippen molar-refractivity contribution in [1.29, 1.82) is 0 Å². The lowest BCUT2D eigenvalue weighted by molar-refractivity contribution is 0.0734. The van der Waals surface area contributed by atoms with Crippen LogP contribution in [0.25, 0.3) is 0 Å². The first-order valence-corrected chi connectivity index (χ1v) is 8.81. The minimum atomic E-state index is -0.363. The molecule has 0 radical (unpaired) electrons. The number of benzene rings is 3. The molecule has 1 unspecified atom stereocenters. The second-order valence-electron chi connectivity index (χ2n) is 6.21. The van der Waals surface area contributed by atoms with Crippen LogP contribution >= 0.6 is 0 Å². The van der Waals surface area contributed by atoms with Gasteiger partial charge in [0, 0.05) is 0 Å². The highest BCUT2D eigenvalue weighted by Crippen LogP contribution is 2.24. The zero-order valence-electron chi connectivity index (χ0n) is 15.0. The smallest absolute Gasteiger partial charge is 0.343 e. The topological polar surface area (TPSA) is 35.5 Å².